The first-order valence-corrected chi connectivity index (χ1v) is 7.30. The molecular formula is C17H15ClN2O2. The molecule has 0 aliphatic carbocycles. The summed E-state index contributed by atoms with van der Waals surface area (Å²) in [5.74, 6) is 0.760. The minimum Gasteiger partial charge on any atom is -0.507 e. The van der Waals surface area contributed by atoms with Gasteiger partial charge < -0.3 is 14.8 Å². The molecule has 0 aliphatic heterocycles. The van der Waals surface area contributed by atoms with Crippen molar-refractivity contribution < 1.29 is 9.84 Å². The average Bonchev–Trinajstić information content (AvgIpc) is 3.03. The lowest BCUT2D eigenvalue weighted by Gasteiger charge is -2.12. The van der Waals surface area contributed by atoms with Gasteiger partial charge in [0, 0.05) is 11.4 Å². The van der Waals surface area contributed by atoms with Crippen LogP contribution in [0.1, 0.15) is 5.56 Å². The van der Waals surface area contributed by atoms with Crippen molar-refractivity contribution in [3.63, 3.8) is 0 Å². The van der Waals surface area contributed by atoms with E-state index in [1.54, 1.807) is 24.7 Å². The predicted molar refractivity (Wildman–Crippen MR) is 86.3 cm³/mol. The molecule has 0 bridgehead atoms. The van der Waals surface area contributed by atoms with Gasteiger partial charge in [-0.15, -0.1) is 0 Å². The Morgan fingerprint density at radius 2 is 2.00 bits per heavy atom. The molecule has 0 atom stereocenters. The maximum atomic E-state index is 10.1. The van der Waals surface area contributed by atoms with Crippen LogP contribution in [-0.4, -0.2) is 21.7 Å². The normalized spacial score (nSPS) is 10.6. The fourth-order valence-electron chi connectivity index (χ4n) is 2.28. The third kappa shape index (κ3) is 3.07. The number of hydrogen-bond acceptors (Lipinski definition) is 3. The molecule has 0 fully saturated rings. The number of phenols is 1. The van der Waals surface area contributed by atoms with Crippen molar-refractivity contribution in [1.29, 1.82) is 0 Å². The van der Waals surface area contributed by atoms with Gasteiger partial charge in [0.05, 0.1) is 30.4 Å². The van der Waals surface area contributed by atoms with Crippen molar-refractivity contribution in [3.05, 3.63) is 65.6 Å². The Morgan fingerprint density at radius 1 is 1.14 bits per heavy atom. The Labute approximate surface area is 133 Å². The van der Waals surface area contributed by atoms with E-state index in [0.717, 1.165) is 10.6 Å². The van der Waals surface area contributed by atoms with Crippen LogP contribution in [0.4, 0.5) is 0 Å². The van der Waals surface area contributed by atoms with Crippen LogP contribution < -0.4 is 4.74 Å². The molecule has 0 radical (unpaired) electrons. The quantitative estimate of drug-likeness (QED) is 0.746. The molecule has 0 saturated carbocycles. The summed E-state index contributed by atoms with van der Waals surface area (Å²) in [4.78, 5) is 6.96. The lowest BCUT2D eigenvalue weighted by molar-refractivity contribution is 0.321. The van der Waals surface area contributed by atoms with E-state index in [1.165, 1.54) is 0 Å². The SMILES string of the molecule is Oc1cccc(OCCc2ccccc2Cl)c1-c1cnc[nH]1. The van der Waals surface area contributed by atoms with Crippen molar-refractivity contribution >= 4 is 11.6 Å². The van der Waals surface area contributed by atoms with Gasteiger partial charge in [-0.2, -0.15) is 0 Å². The second kappa shape index (κ2) is 6.54. The zero-order chi connectivity index (χ0) is 15.4. The average molecular weight is 315 g/mol. The molecule has 1 heterocycles. The Kier molecular flexibility index (Phi) is 4.30. The molecule has 3 aromatic rings. The maximum Gasteiger partial charge on any atom is 0.132 e. The Balaban J connectivity index is 1.76. The van der Waals surface area contributed by atoms with Gasteiger partial charge in [0.2, 0.25) is 0 Å². The lowest BCUT2D eigenvalue weighted by atomic mass is 10.1. The lowest BCUT2D eigenvalue weighted by Crippen LogP contribution is -2.03. The Hall–Kier alpha value is -2.46. The molecule has 0 saturated heterocycles. The van der Waals surface area contributed by atoms with E-state index in [9.17, 15) is 5.11 Å². The van der Waals surface area contributed by atoms with E-state index in [-0.39, 0.29) is 5.75 Å². The zero-order valence-electron chi connectivity index (χ0n) is 11.8. The number of aromatic nitrogens is 2. The highest BCUT2D eigenvalue weighted by Crippen LogP contribution is 2.36. The van der Waals surface area contributed by atoms with Crippen molar-refractivity contribution in [2.75, 3.05) is 6.61 Å². The number of nitrogens with one attached hydrogen (secondary N) is 1. The van der Waals surface area contributed by atoms with Crippen molar-refractivity contribution in [2.24, 2.45) is 0 Å². The van der Waals surface area contributed by atoms with Gasteiger partial charge in [0.25, 0.3) is 0 Å². The molecule has 5 heteroatoms. The molecule has 0 unspecified atom stereocenters. The first-order valence-electron chi connectivity index (χ1n) is 6.92. The van der Waals surface area contributed by atoms with Gasteiger partial charge in [-0.1, -0.05) is 35.9 Å². The van der Waals surface area contributed by atoms with Crippen molar-refractivity contribution in [3.8, 4) is 22.8 Å². The van der Waals surface area contributed by atoms with E-state index in [1.807, 2.05) is 30.3 Å². The Morgan fingerprint density at radius 3 is 2.77 bits per heavy atom. The number of aromatic amines is 1. The molecule has 0 amide bonds. The van der Waals surface area contributed by atoms with E-state index in [0.29, 0.717) is 30.0 Å². The largest absolute Gasteiger partial charge is 0.507 e. The Bertz CT molecular complexity index is 757. The number of benzene rings is 2. The molecule has 0 aliphatic rings. The van der Waals surface area contributed by atoms with Gasteiger partial charge in [0.15, 0.2) is 0 Å². The molecule has 112 valence electrons. The van der Waals surface area contributed by atoms with Gasteiger partial charge in [-0.05, 0) is 23.8 Å². The molecule has 22 heavy (non-hydrogen) atoms. The van der Waals surface area contributed by atoms with Crippen LogP contribution in [-0.2, 0) is 6.42 Å². The number of rotatable bonds is 5. The zero-order valence-corrected chi connectivity index (χ0v) is 12.5. The molecule has 0 spiro atoms. The molecule has 4 nitrogen and oxygen atoms in total. The summed E-state index contributed by atoms with van der Waals surface area (Å²) >= 11 is 6.13. The van der Waals surface area contributed by atoms with Gasteiger partial charge in [-0.25, -0.2) is 4.98 Å². The van der Waals surface area contributed by atoms with E-state index < -0.39 is 0 Å². The van der Waals surface area contributed by atoms with Crippen LogP contribution in [0.25, 0.3) is 11.3 Å². The smallest absolute Gasteiger partial charge is 0.132 e. The van der Waals surface area contributed by atoms with Crippen LogP contribution >= 0.6 is 11.6 Å². The summed E-state index contributed by atoms with van der Waals surface area (Å²) in [6, 6.07) is 12.9. The fraction of sp³-hybridized carbons (Fsp3) is 0.118. The topological polar surface area (TPSA) is 58.1 Å². The number of aromatic hydroxyl groups is 1. The van der Waals surface area contributed by atoms with Crippen molar-refractivity contribution in [2.45, 2.75) is 6.42 Å². The van der Waals surface area contributed by atoms with Crippen LogP contribution in [0.2, 0.25) is 5.02 Å². The number of imidazole rings is 1. The van der Waals surface area contributed by atoms with Crippen LogP contribution in [0.15, 0.2) is 55.0 Å². The highest BCUT2D eigenvalue weighted by Gasteiger charge is 2.12. The summed E-state index contributed by atoms with van der Waals surface area (Å²) < 4.78 is 5.83. The van der Waals surface area contributed by atoms with Gasteiger partial charge >= 0.3 is 0 Å². The minimum absolute atomic E-state index is 0.152. The third-order valence-corrected chi connectivity index (χ3v) is 3.73. The van der Waals surface area contributed by atoms with Crippen LogP contribution in [0, 0.1) is 0 Å². The molecular weight excluding hydrogens is 300 g/mol. The molecule has 2 aromatic carbocycles. The number of H-pyrrole nitrogens is 1. The first kappa shape index (κ1) is 14.5. The number of ether oxygens (including phenoxy) is 1. The summed E-state index contributed by atoms with van der Waals surface area (Å²) in [6.45, 7) is 0.467. The monoisotopic (exact) mass is 314 g/mol. The van der Waals surface area contributed by atoms with Crippen molar-refractivity contribution in [1.82, 2.24) is 9.97 Å². The number of phenolic OH excluding ortho intramolecular Hbond substituents is 1. The fourth-order valence-corrected chi connectivity index (χ4v) is 2.51. The van der Waals surface area contributed by atoms with E-state index in [4.69, 9.17) is 16.3 Å². The van der Waals surface area contributed by atoms with Crippen LogP contribution in [0.5, 0.6) is 11.5 Å². The second-order valence-corrected chi connectivity index (χ2v) is 5.21. The third-order valence-electron chi connectivity index (χ3n) is 3.36. The molecule has 2 N–H and O–H groups in total. The highest BCUT2D eigenvalue weighted by molar-refractivity contribution is 6.31. The highest BCUT2D eigenvalue weighted by atomic mass is 35.5. The first-order chi connectivity index (χ1) is 10.8. The predicted octanol–water partition coefficient (Wildman–Crippen LogP) is 4.06. The van der Waals surface area contributed by atoms with Gasteiger partial charge in [0.1, 0.15) is 11.5 Å². The maximum absolute atomic E-state index is 10.1. The second-order valence-electron chi connectivity index (χ2n) is 4.81. The standard InChI is InChI=1S/C17H15ClN2O2/c18-13-5-2-1-4-12(13)8-9-22-16-7-3-6-15(21)17(16)14-10-19-11-20-14/h1-7,10-11,21H,8-9H2,(H,19,20). The molecule has 1 aromatic heterocycles. The van der Waals surface area contributed by atoms with Gasteiger partial charge in [-0.3, -0.25) is 0 Å². The summed E-state index contributed by atoms with van der Waals surface area (Å²) in [5, 5.41) is 10.8. The summed E-state index contributed by atoms with van der Waals surface area (Å²) in [7, 11) is 0. The van der Waals surface area contributed by atoms with E-state index >= 15 is 0 Å². The number of nitrogens with zero attached hydrogens (tertiary/aromatic N) is 1. The number of halogens is 1. The van der Waals surface area contributed by atoms with Crippen LogP contribution in [0.3, 0.4) is 0 Å². The summed E-state index contributed by atoms with van der Waals surface area (Å²) in [6.07, 6.45) is 3.91. The minimum atomic E-state index is 0.152. The summed E-state index contributed by atoms with van der Waals surface area (Å²) in [5.41, 5.74) is 2.36. The molecule has 3 rings (SSSR count). The van der Waals surface area contributed by atoms with E-state index in [2.05, 4.69) is 9.97 Å². The number of hydrogen-bond donors (Lipinski definition) is 2.